The number of aryl methyl sites for hydroxylation is 1. The number of carbonyl (C=O) groups excluding carboxylic acids is 1. The zero-order valence-electron chi connectivity index (χ0n) is 11.4. The Labute approximate surface area is 118 Å². The van der Waals surface area contributed by atoms with E-state index in [0.717, 1.165) is 23.4 Å². The molecule has 1 atom stereocenters. The van der Waals surface area contributed by atoms with Crippen molar-refractivity contribution < 1.29 is 4.79 Å². The zero-order valence-corrected chi connectivity index (χ0v) is 11.4. The molecule has 20 heavy (non-hydrogen) atoms. The first-order valence-electron chi connectivity index (χ1n) is 6.98. The maximum atomic E-state index is 12.3. The molecule has 0 radical (unpaired) electrons. The smallest absolute Gasteiger partial charge is 0.229 e. The van der Waals surface area contributed by atoms with Gasteiger partial charge in [-0.2, -0.15) is 0 Å². The van der Waals surface area contributed by atoms with Crippen molar-refractivity contribution >= 4 is 17.3 Å². The van der Waals surface area contributed by atoms with Gasteiger partial charge in [-0.25, -0.2) is 0 Å². The maximum Gasteiger partial charge on any atom is 0.229 e. The summed E-state index contributed by atoms with van der Waals surface area (Å²) < 4.78 is 0. The number of rotatable bonds is 1. The molecule has 0 saturated carbocycles. The molecule has 1 N–H and O–H groups in total. The lowest BCUT2D eigenvalue weighted by Crippen LogP contribution is -2.44. The highest BCUT2D eigenvalue weighted by atomic mass is 16.2. The van der Waals surface area contributed by atoms with Crippen LogP contribution in [0.3, 0.4) is 0 Å². The van der Waals surface area contributed by atoms with Crippen LogP contribution >= 0.6 is 0 Å². The molecule has 0 spiro atoms. The van der Waals surface area contributed by atoms with Gasteiger partial charge in [-0.1, -0.05) is 42.0 Å². The van der Waals surface area contributed by atoms with E-state index in [-0.39, 0.29) is 5.91 Å². The summed E-state index contributed by atoms with van der Waals surface area (Å²) in [5, 5.41) is 3.58. The van der Waals surface area contributed by atoms with E-state index in [1.54, 1.807) is 0 Å². The summed E-state index contributed by atoms with van der Waals surface area (Å²) in [7, 11) is 0. The molecular formula is C17H16N2O. The third kappa shape index (κ3) is 1.38. The molecule has 4 rings (SSSR count). The van der Waals surface area contributed by atoms with Crippen molar-refractivity contribution in [3.63, 3.8) is 0 Å². The molecule has 2 aromatic carbocycles. The van der Waals surface area contributed by atoms with E-state index in [2.05, 4.69) is 36.5 Å². The van der Waals surface area contributed by atoms with Gasteiger partial charge in [0.05, 0.1) is 11.4 Å². The normalized spacial score (nSPS) is 23.4. The summed E-state index contributed by atoms with van der Waals surface area (Å²) in [5.74, 6) is 0.197. The van der Waals surface area contributed by atoms with Crippen molar-refractivity contribution in [2.45, 2.75) is 25.4 Å². The molecule has 0 unspecified atom stereocenters. The minimum Gasteiger partial charge on any atom is -0.357 e. The van der Waals surface area contributed by atoms with E-state index in [1.165, 1.54) is 5.56 Å². The molecule has 0 aromatic heterocycles. The highest BCUT2D eigenvalue weighted by Crippen LogP contribution is 2.51. The van der Waals surface area contributed by atoms with Crippen LogP contribution in [0.1, 0.15) is 24.0 Å². The molecule has 2 aromatic rings. The van der Waals surface area contributed by atoms with Crippen LogP contribution in [0.25, 0.3) is 0 Å². The Morgan fingerprint density at radius 1 is 1.10 bits per heavy atom. The molecule has 0 bridgehead atoms. The summed E-state index contributed by atoms with van der Waals surface area (Å²) in [6.07, 6.45) is 1.40. The number of para-hydroxylation sites is 2. The van der Waals surface area contributed by atoms with Crippen LogP contribution < -0.4 is 10.2 Å². The number of carbonyl (C=O) groups is 1. The number of nitrogens with one attached hydrogen (secondary N) is 1. The summed E-state index contributed by atoms with van der Waals surface area (Å²) in [4.78, 5) is 14.3. The monoisotopic (exact) mass is 264 g/mol. The van der Waals surface area contributed by atoms with Crippen LogP contribution in [0, 0.1) is 6.92 Å². The van der Waals surface area contributed by atoms with Crippen molar-refractivity contribution in [1.82, 2.24) is 0 Å². The van der Waals surface area contributed by atoms with Crippen molar-refractivity contribution in [3.8, 4) is 0 Å². The first-order chi connectivity index (χ1) is 9.71. The van der Waals surface area contributed by atoms with Crippen LogP contribution in [0.4, 0.5) is 11.4 Å². The van der Waals surface area contributed by atoms with Gasteiger partial charge in [0.25, 0.3) is 0 Å². The third-order valence-electron chi connectivity index (χ3n) is 4.35. The average Bonchev–Trinajstić information content (AvgIpc) is 2.96. The van der Waals surface area contributed by atoms with E-state index in [0.29, 0.717) is 6.42 Å². The Morgan fingerprint density at radius 3 is 2.65 bits per heavy atom. The van der Waals surface area contributed by atoms with Crippen LogP contribution in [0.15, 0.2) is 48.5 Å². The van der Waals surface area contributed by atoms with Crippen LogP contribution in [-0.2, 0) is 10.5 Å². The first kappa shape index (κ1) is 11.5. The van der Waals surface area contributed by atoms with Gasteiger partial charge < -0.3 is 5.32 Å². The second-order valence-corrected chi connectivity index (χ2v) is 5.60. The van der Waals surface area contributed by atoms with Crippen molar-refractivity contribution in [3.05, 3.63) is 59.7 Å². The fourth-order valence-corrected chi connectivity index (χ4v) is 3.35. The molecule has 1 fully saturated rings. The van der Waals surface area contributed by atoms with E-state index < -0.39 is 5.66 Å². The average molecular weight is 264 g/mol. The Morgan fingerprint density at radius 2 is 1.85 bits per heavy atom. The fourth-order valence-electron chi connectivity index (χ4n) is 3.35. The van der Waals surface area contributed by atoms with Gasteiger partial charge in [-0.3, -0.25) is 9.69 Å². The highest BCUT2D eigenvalue weighted by Gasteiger charge is 2.52. The Kier molecular flexibility index (Phi) is 2.22. The molecule has 0 aliphatic carbocycles. The molecule has 2 aliphatic heterocycles. The fraction of sp³-hybridized carbons (Fsp3) is 0.235. The molecular weight excluding hydrogens is 248 g/mol. The third-order valence-corrected chi connectivity index (χ3v) is 4.35. The van der Waals surface area contributed by atoms with Crippen molar-refractivity contribution in [2.75, 3.05) is 10.2 Å². The topological polar surface area (TPSA) is 32.3 Å². The maximum absolute atomic E-state index is 12.3. The molecule has 3 nitrogen and oxygen atoms in total. The Bertz CT molecular complexity index is 692. The minimum absolute atomic E-state index is 0.197. The minimum atomic E-state index is -0.394. The van der Waals surface area contributed by atoms with Crippen molar-refractivity contribution in [2.24, 2.45) is 0 Å². The lowest BCUT2D eigenvalue weighted by molar-refractivity contribution is -0.117. The predicted octanol–water partition coefficient (Wildman–Crippen LogP) is 3.40. The number of hydrogen-bond donors (Lipinski definition) is 1. The molecule has 100 valence electrons. The zero-order chi connectivity index (χ0) is 13.7. The number of amides is 1. The van der Waals surface area contributed by atoms with E-state index in [4.69, 9.17) is 0 Å². The summed E-state index contributed by atoms with van der Waals surface area (Å²) in [6.45, 7) is 2.08. The lowest BCUT2D eigenvalue weighted by atomic mass is 9.96. The highest BCUT2D eigenvalue weighted by molar-refractivity contribution is 6.04. The van der Waals surface area contributed by atoms with E-state index in [1.807, 2.05) is 29.2 Å². The molecule has 2 aliphatic rings. The van der Waals surface area contributed by atoms with Gasteiger partial charge in [0.15, 0.2) is 0 Å². The molecule has 1 saturated heterocycles. The number of benzene rings is 2. The Balaban J connectivity index is 1.90. The number of anilines is 2. The second kappa shape index (κ2) is 3.85. The SMILES string of the molecule is Cc1ccc([C@]23CCC(=O)N2c2ccccc2N3)cc1. The molecule has 1 amide bonds. The Hall–Kier alpha value is -2.29. The van der Waals surface area contributed by atoms with Gasteiger partial charge in [-0.15, -0.1) is 0 Å². The van der Waals surface area contributed by atoms with Crippen LogP contribution in [0.2, 0.25) is 0 Å². The quantitative estimate of drug-likeness (QED) is 0.856. The van der Waals surface area contributed by atoms with Crippen molar-refractivity contribution in [1.29, 1.82) is 0 Å². The molecule has 3 heteroatoms. The first-order valence-corrected chi connectivity index (χ1v) is 6.98. The molecule has 2 heterocycles. The number of fused-ring (bicyclic) bond motifs is 3. The van der Waals surface area contributed by atoms with Crippen LogP contribution in [0.5, 0.6) is 0 Å². The van der Waals surface area contributed by atoms with Gasteiger partial charge in [0.1, 0.15) is 5.66 Å². The largest absolute Gasteiger partial charge is 0.357 e. The summed E-state index contributed by atoms with van der Waals surface area (Å²) in [5.41, 5.74) is 4.03. The van der Waals surface area contributed by atoms with Gasteiger partial charge in [-0.05, 0) is 24.6 Å². The van der Waals surface area contributed by atoms with E-state index >= 15 is 0 Å². The number of hydrogen-bond acceptors (Lipinski definition) is 2. The standard InChI is InChI=1S/C17H16N2O/c1-12-6-8-13(9-7-12)17-11-10-16(20)19(17)15-5-3-2-4-14(15)18-17/h2-9,18H,10-11H2,1H3/t17-/m0/s1. The van der Waals surface area contributed by atoms with Gasteiger partial charge in [0, 0.05) is 12.8 Å². The number of nitrogens with zero attached hydrogens (tertiary/aromatic N) is 1. The predicted molar refractivity (Wildman–Crippen MR) is 79.6 cm³/mol. The summed E-state index contributed by atoms with van der Waals surface area (Å²) in [6, 6.07) is 16.5. The van der Waals surface area contributed by atoms with Crippen LogP contribution in [-0.4, -0.2) is 5.91 Å². The van der Waals surface area contributed by atoms with Gasteiger partial charge >= 0.3 is 0 Å². The van der Waals surface area contributed by atoms with E-state index in [9.17, 15) is 4.79 Å². The van der Waals surface area contributed by atoms with Gasteiger partial charge in [0.2, 0.25) is 5.91 Å². The second-order valence-electron chi connectivity index (χ2n) is 5.60. The lowest BCUT2D eigenvalue weighted by Gasteiger charge is -2.33. The summed E-state index contributed by atoms with van der Waals surface area (Å²) >= 11 is 0.